The Hall–Kier alpha value is -6.06. The van der Waals surface area contributed by atoms with Gasteiger partial charge in [0.15, 0.2) is 11.9 Å². The number of hydrogen-bond donors (Lipinski definition) is 0. The molecule has 0 unspecified atom stereocenters. The lowest BCUT2D eigenvalue weighted by Crippen LogP contribution is -2.19. The molecular formula is C45H32O3. The van der Waals surface area contributed by atoms with E-state index in [4.69, 9.17) is 4.74 Å². The lowest BCUT2D eigenvalue weighted by atomic mass is 9.88. The lowest BCUT2D eigenvalue weighted by Gasteiger charge is -2.25. The molecule has 0 fully saturated rings. The molecule has 0 heterocycles. The van der Waals surface area contributed by atoms with E-state index in [2.05, 4.69) is 84.9 Å². The molecule has 3 nitrogen and oxygen atoms in total. The third-order valence-corrected chi connectivity index (χ3v) is 9.44. The second kappa shape index (κ2) is 12.3. The van der Waals surface area contributed by atoms with E-state index < -0.39 is 12.0 Å². The van der Waals surface area contributed by atoms with Crippen molar-refractivity contribution in [3.63, 3.8) is 0 Å². The Bertz CT molecular complexity index is 2380. The molecule has 0 saturated carbocycles. The van der Waals surface area contributed by atoms with Crippen LogP contribution in [0.3, 0.4) is 0 Å². The Morgan fingerprint density at radius 2 is 0.917 bits per heavy atom. The summed E-state index contributed by atoms with van der Waals surface area (Å²) in [5.74, 6) is -1.06. The molecule has 230 valence electrons. The van der Waals surface area contributed by atoms with Crippen LogP contribution in [0.1, 0.15) is 51.6 Å². The van der Waals surface area contributed by atoms with E-state index in [-0.39, 0.29) is 11.8 Å². The highest BCUT2D eigenvalue weighted by Gasteiger charge is 2.28. The molecule has 0 radical (unpaired) electrons. The number of benzene rings is 8. The van der Waals surface area contributed by atoms with E-state index in [1.807, 2.05) is 67.6 Å². The van der Waals surface area contributed by atoms with Gasteiger partial charge in [0.1, 0.15) is 0 Å². The van der Waals surface area contributed by atoms with Gasteiger partial charge in [-0.25, -0.2) is 0 Å². The number of ether oxygens (including phenoxy) is 1. The molecule has 8 aromatic carbocycles. The van der Waals surface area contributed by atoms with Crippen LogP contribution in [0.4, 0.5) is 0 Å². The van der Waals surface area contributed by atoms with Crippen molar-refractivity contribution in [1.29, 1.82) is 0 Å². The van der Waals surface area contributed by atoms with Gasteiger partial charge >= 0.3 is 5.97 Å². The Labute approximate surface area is 279 Å². The minimum atomic E-state index is -0.696. The Kier molecular flexibility index (Phi) is 7.51. The maximum Gasteiger partial charge on any atom is 0.314 e. The summed E-state index contributed by atoms with van der Waals surface area (Å²) >= 11 is 0. The monoisotopic (exact) mass is 620 g/mol. The van der Waals surface area contributed by atoms with E-state index in [1.54, 1.807) is 18.2 Å². The van der Waals surface area contributed by atoms with Crippen LogP contribution in [0, 0.1) is 0 Å². The molecule has 0 aliphatic rings. The highest BCUT2D eigenvalue weighted by atomic mass is 16.5. The van der Waals surface area contributed by atoms with Crippen molar-refractivity contribution in [1.82, 2.24) is 0 Å². The van der Waals surface area contributed by atoms with Crippen LogP contribution >= 0.6 is 0 Å². The predicted octanol–water partition coefficient (Wildman–Crippen LogP) is 11.0. The van der Waals surface area contributed by atoms with Crippen molar-refractivity contribution in [3.05, 3.63) is 192 Å². The van der Waals surface area contributed by atoms with E-state index in [1.165, 1.54) is 0 Å². The minimum absolute atomic E-state index is 0.0823. The van der Waals surface area contributed by atoms with Crippen LogP contribution in [0.2, 0.25) is 0 Å². The molecule has 0 bridgehead atoms. The fourth-order valence-corrected chi connectivity index (χ4v) is 6.95. The number of fused-ring (bicyclic) bond motifs is 6. The molecule has 3 heteroatoms. The van der Waals surface area contributed by atoms with Crippen molar-refractivity contribution in [2.24, 2.45) is 0 Å². The first-order valence-electron chi connectivity index (χ1n) is 16.3. The highest BCUT2D eigenvalue weighted by molar-refractivity contribution is 6.12. The molecule has 0 saturated heterocycles. The van der Waals surface area contributed by atoms with Crippen molar-refractivity contribution < 1.29 is 14.3 Å². The van der Waals surface area contributed by atoms with Gasteiger partial charge in [0, 0.05) is 22.3 Å². The van der Waals surface area contributed by atoms with E-state index in [0.717, 1.165) is 59.8 Å². The van der Waals surface area contributed by atoms with Crippen LogP contribution in [0.5, 0.6) is 0 Å². The van der Waals surface area contributed by atoms with E-state index in [0.29, 0.717) is 11.1 Å². The minimum Gasteiger partial charge on any atom is -0.452 e. The summed E-state index contributed by atoms with van der Waals surface area (Å²) in [6.07, 6.45) is -0.696. The van der Waals surface area contributed by atoms with Gasteiger partial charge in [-0.2, -0.15) is 0 Å². The molecular weight excluding hydrogens is 588 g/mol. The van der Waals surface area contributed by atoms with Gasteiger partial charge in [-0.3, -0.25) is 9.59 Å². The average Bonchev–Trinajstić information content (AvgIpc) is 3.16. The van der Waals surface area contributed by atoms with E-state index >= 15 is 0 Å². The number of hydrogen-bond acceptors (Lipinski definition) is 3. The molecule has 0 aliphatic heterocycles. The summed E-state index contributed by atoms with van der Waals surface area (Å²) in [7, 11) is 0. The lowest BCUT2D eigenvalue weighted by molar-refractivity contribution is -0.148. The Morgan fingerprint density at radius 3 is 1.48 bits per heavy atom. The van der Waals surface area contributed by atoms with Gasteiger partial charge < -0.3 is 4.74 Å². The zero-order valence-corrected chi connectivity index (χ0v) is 26.5. The second-order valence-corrected chi connectivity index (χ2v) is 12.3. The number of carbonyl (C=O) groups excluding carboxylic acids is 2. The Morgan fingerprint density at radius 1 is 0.458 bits per heavy atom. The topological polar surface area (TPSA) is 43.4 Å². The summed E-state index contributed by atoms with van der Waals surface area (Å²) in [6, 6.07) is 54.2. The van der Waals surface area contributed by atoms with Gasteiger partial charge in [0.05, 0.1) is 5.92 Å². The number of carbonyl (C=O) groups is 2. The van der Waals surface area contributed by atoms with Crippen LogP contribution in [0.15, 0.2) is 164 Å². The standard InChI is InChI=1S/C45H32O3/c1-29(31-18-13-19-34(26-31)43(46)30-14-3-2-4-15-30)45(47)48-44(41-27-32-16-5-7-20-35(32)37-22-9-11-24-39(37)41)42-28-33-17-6-8-21-36(33)38-23-10-12-25-40(38)42/h2-29,44H,1H3/t29-/m1/s1. The quantitative estimate of drug-likeness (QED) is 0.101. The molecule has 0 spiro atoms. The normalized spacial score (nSPS) is 12.1. The fourth-order valence-electron chi connectivity index (χ4n) is 6.95. The fraction of sp³-hybridized carbons (Fsp3) is 0.0667. The maximum absolute atomic E-state index is 14.3. The molecule has 0 amide bonds. The molecule has 48 heavy (non-hydrogen) atoms. The zero-order valence-electron chi connectivity index (χ0n) is 26.5. The summed E-state index contributed by atoms with van der Waals surface area (Å²) in [5.41, 5.74) is 3.73. The van der Waals surface area contributed by atoms with Gasteiger partial charge in [0.2, 0.25) is 0 Å². The summed E-state index contributed by atoms with van der Waals surface area (Å²) in [4.78, 5) is 27.6. The van der Waals surface area contributed by atoms with Crippen LogP contribution in [0.25, 0.3) is 43.1 Å². The first-order chi connectivity index (χ1) is 23.6. The van der Waals surface area contributed by atoms with Crippen molar-refractivity contribution in [3.8, 4) is 0 Å². The van der Waals surface area contributed by atoms with E-state index in [9.17, 15) is 9.59 Å². The van der Waals surface area contributed by atoms with Gasteiger partial charge in [0.25, 0.3) is 0 Å². The molecule has 8 aromatic rings. The first kappa shape index (κ1) is 29.3. The Balaban J connectivity index is 1.28. The number of rotatable bonds is 7. The highest BCUT2D eigenvalue weighted by Crippen LogP contribution is 2.41. The summed E-state index contributed by atoms with van der Waals surface area (Å²) in [5, 5.41) is 8.75. The van der Waals surface area contributed by atoms with Gasteiger partial charge in [-0.1, -0.05) is 146 Å². The largest absolute Gasteiger partial charge is 0.452 e. The summed E-state index contributed by atoms with van der Waals surface area (Å²) in [6.45, 7) is 1.85. The molecule has 8 rings (SSSR count). The van der Waals surface area contributed by atoms with Crippen molar-refractivity contribution >= 4 is 54.8 Å². The van der Waals surface area contributed by atoms with Crippen LogP contribution in [-0.4, -0.2) is 11.8 Å². The molecule has 0 N–H and O–H groups in total. The third kappa shape index (κ3) is 5.20. The zero-order chi connectivity index (χ0) is 32.6. The van der Waals surface area contributed by atoms with Crippen molar-refractivity contribution in [2.75, 3.05) is 0 Å². The van der Waals surface area contributed by atoms with Crippen LogP contribution < -0.4 is 0 Å². The molecule has 0 aliphatic carbocycles. The molecule has 1 atom stereocenters. The second-order valence-electron chi connectivity index (χ2n) is 12.3. The number of ketones is 1. The van der Waals surface area contributed by atoms with Gasteiger partial charge in [-0.15, -0.1) is 0 Å². The molecule has 0 aromatic heterocycles. The smallest absolute Gasteiger partial charge is 0.314 e. The maximum atomic E-state index is 14.3. The number of esters is 1. The average molecular weight is 621 g/mol. The van der Waals surface area contributed by atoms with Crippen molar-refractivity contribution in [2.45, 2.75) is 18.9 Å². The summed E-state index contributed by atoms with van der Waals surface area (Å²) < 4.78 is 6.71. The SMILES string of the molecule is C[C@@H](C(=O)OC(c1cc2ccccc2c2ccccc12)c1cc2ccccc2c2ccccc12)c1cccc(C(=O)c2ccccc2)c1. The van der Waals surface area contributed by atoms with Gasteiger partial charge in [-0.05, 0) is 73.8 Å². The first-order valence-corrected chi connectivity index (χ1v) is 16.3. The van der Waals surface area contributed by atoms with Crippen LogP contribution in [-0.2, 0) is 9.53 Å². The predicted molar refractivity (Wildman–Crippen MR) is 196 cm³/mol. The third-order valence-electron chi connectivity index (χ3n) is 9.44.